The number of hydrogen-bond acceptors (Lipinski definition) is 10. The molecule has 3 heterocycles. The summed E-state index contributed by atoms with van der Waals surface area (Å²) in [4.78, 5) is 54.2. The second-order valence-corrected chi connectivity index (χ2v) is 18.5. The molecule has 0 spiro atoms. The molecule has 3 saturated heterocycles. The van der Waals surface area contributed by atoms with Crippen LogP contribution in [0.15, 0.2) is 24.3 Å². The third-order valence-corrected chi connectivity index (χ3v) is 15.4. The van der Waals surface area contributed by atoms with Crippen molar-refractivity contribution in [2.75, 3.05) is 39.6 Å². The lowest BCUT2D eigenvalue weighted by atomic mass is 9.47. The van der Waals surface area contributed by atoms with Gasteiger partial charge in [-0.3, -0.25) is 9.59 Å². The van der Waals surface area contributed by atoms with E-state index in [2.05, 4.69) is 40.9 Å². The van der Waals surface area contributed by atoms with E-state index < -0.39 is 47.9 Å². The molecule has 7 fully saturated rings. The highest BCUT2D eigenvalue weighted by Gasteiger charge is 2.58. The zero-order valence-corrected chi connectivity index (χ0v) is 31.8. The minimum absolute atomic E-state index is 0.0620. The van der Waals surface area contributed by atoms with E-state index >= 15 is 0 Å². The third kappa shape index (κ3) is 6.45. The Morgan fingerprint density at radius 3 is 1.31 bits per heavy atom. The number of cyclic esters (lactones) is 4. The van der Waals surface area contributed by atoms with E-state index in [1.54, 1.807) is 0 Å². The van der Waals surface area contributed by atoms with Crippen LogP contribution in [0, 0.1) is 57.2 Å². The van der Waals surface area contributed by atoms with Gasteiger partial charge in [0.25, 0.3) is 0 Å². The molecule has 0 radical (unpaired) electrons. The van der Waals surface area contributed by atoms with E-state index in [1.165, 1.54) is 0 Å². The van der Waals surface area contributed by atoms with Crippen molar-refractivity contribution in [3.05, 3.63) is 24.3 Å². The highest BCUT2D eigenvalue weighted by Crippen LogP contribution is 2.63. The third-order valence-electron chi connectivity index (χ3n) is 15.4. The van der Waals surface area contributed by atoms with Gasteiger partial charge in [0.2, 0.25) is 0 Å². The van der Waals surface area contributed by atoms with Crippen LogP contribution in [0.4, 0.5) is 0 Å². The minimum atomic E-state index is -1.06. The molecule has 0 aromatic rings. The molecule has 10 heteroatoms. The fourth-order valence-electron chi connectivity index (χ4n) is 12.4. The van der Waals surface area contributed by atoms with Crippen LogP contribution in [-0.4, -0.2) is 75.7 Å². The van der Waals surface area contributed by atoms with Crippen molar-refractivity contribution in [1.82, 2.24) is 0 Å². The summed E-state index contributed by atoms with van der Waals surface area (Å²) >= 11 is 0. The van der Waals surface area contributed by atoms with Crippen LogP contribution in [0.25, 0.3) is 0 Å². The van der Waals surface area contributed by atoms with Crippen molar-refractivity contribution in [1.29, 1.82) is 0 Å². The van der Waals surface area contributed by atoms with E-state index in [1.807, 2.05) is 0 Å². The molecule has 12 unspecified atom stereocenters. The lowest BCUT2D eigenvalue weighted by Crippen LogP contribution is -2.55. The molecule has 7 aliphatic rings. The maximum absolute atomic E-state index is 14.2. The zero-order chi connectivity index (χ0) is 37.1. The molecule has 4 saturated carbocycles. The Kier molecular flexibility index (Phi) is 10.2. The molecule has 10 nitrogen and oxygen atoms in total. The number of carbonyl (C=O) groups is 4. The average Bonchev–Trinajstić information content (AvgIpc) is 3.72. The second-order valence-electron chi connectivity index (χ2n) is 18.5. The van der Waals surface area contributed by atoms with Gasteiger partial charge in [0.1, 0.15) is 0 Å². The molecule has 0 aromatic carbocycles. The number of esters is 4. The van der Waals surface area contributed by atoms with Gasteiger partial charge in [-0.05, 0) is 86.9 Å². The number of carbonyl (C=O) groups excluding carboxylic acids is 4. The van der Waals surface area contributed by atoms with Crippen LogP contribution in [-0.2, 0) is 47.6 Å². The minimum Gasteiger partial charge on any atom is -0.465 e. The van der Waals surface area contributed by atoms with Gasteiger partial charge in [-0.1, -0.05) is 64.8 Å². The Balaban J connectivity index is 1.24. The molecule has 3 aliphatic heterocycles. The summed E-state index contributed by atoms with van der Waals surface area (Å²) < 4.78 is 36.4. The van der Waals surface area contributed by atoms with Gasteiger partial charge < -0.3 is 28.4 Å². The number of ether oxygens (including phenoxy) is 6. The van der Waals surface area contributed by atoms with E-state index in [4.69, 9.17) is 28.4 Å². The van der Waals surface area contributed by atoms with Crippen molar-refractivity contribution in [3.63, 3.8) is 0 Å². The summed E-state index contributed by atoms with van der Waals surface area (Å²) in [5, 5.41) is 0. The fraction of sp³-hybridized carbons (Fsp3) is 0.810. The monoisotopic (exact) mass is 724 g/mol. The Bertz CT molecular complexity index is 1360. The smallest absolute Gasteiger partial charge is 0.336 e. The van der Waals surface area contributed by atoms with Gasteiger partial charge in [0.05, 0.1) is 51.5 Å². The van der Waals surface area contributed by atoms with Crippen LogP contribution in [0.3, 0.4) is 0 Å². The van der Waals surface area contributed by atoms with Crippen molar-refractivity contribution < 1.29 is 47.6 Å². The largest absolute Gasteiger partial charge is 0.465 e. The number of rotatable bonds is 2. The molecule has 4 aliphatic carbocycles. The van der Waals surface area contributed by atoms with Crippen LogP contribution < -0.4 is 0 Å². The van der Waals surface area contributed by atoms with Gasteiger partial charge in [0, 0.05) is 22.7 Å². The first-order chi connectivity index (χ1) is 24.7. The predicted octanol–water partition coefficient (Wildman–Crippen LogP) is 6.54. The van der Waals surface area contributed by atoms with E-state index in [0.717, 1.165) is 75.4 Å². The zero-order valence-electron chi connectivity index (χ0n) is 31.8. The molecule has 7 rings (SSSR count). The summed E-state index contributed by atoms with van der Waals surface area (Å²) in [5.41, 5.74) is 1.04. The Labute approximate surface area is 309 Å². The van der Waals surface area contributed by atoms with Crippen molar-refractivity contribution >= 4 is 23.9 Å². The average molecular weight is 725 g/mol. The normalized spacial score (nSPS) is 46.5. The van der Waals surface area contributed by atoms with Crippen molar-refractivity contribution in [2.24, 2.45) is 57.2 Å². The Hall–Kier alpha value is -2.72. The van der Waals surface area contributed by atoms with Crippen LogP contribution in [0.5, 0.6) is 0 Å². The molecular formula is C42H60O10. The summed E-state index contributed by atoms with van der Waals surface area (Å²) in [6.45, 7) is 19.4. The van der Waals surface area contributed by atoms with E-state index in [9.17, 15) is 19.2 Å². The molecular weight excluding hydrogens is 664 g/mol. The SMILES string of the molecule is C=C1CCC2C3(C)CCCC2(C)C1COC(C1CCOC1=O)C(=O)OCC1(C)CCCC2(C)C(COC(C4CCOC4=O)C(=O)OC3)C(=C)CCC12. The lowest BCUT2D eigenvalue weighted by molar-refractivity contribution is -0.185. The highest BCUT2D eigenvalue weighted by molar-refractivity contribution is 5.85. The predicted molar refractivity (Wildman–Crippen MR) is 190 cm³/mol. The van der Waals surface area contributed by atoms with Crippen molar-refractivity contribution in [3.8, 4) is 0 Å². The maximum atomic E-state index is 14.2. The maximum Gasteiger partial charge on any atom is 0.336 e. The van der Waals surface area contributed by atoms with Crippen LogP contribution in [0.1, 0.15) is 105 Å². The first kappa shape index (κ1) is 37.6. The topological polar surface area (TPSA) is 124 Å². The van der Waals surface area contributed by atoms with Gasteiger partial charge in [-0.15, -0.1) is 0 Å². The summed E-state index contributed by atoms with van der Waals surface area (Å²) in [6, 6.07) is 0. The summed E-state index contributed by atoms with van der Waals surface area (Å²) in [5.74, 6) is -3.00. The summed E-state index contributed by atoms with van der Waals surface area (Å²) in [7, 11) is 0. The summed E-state index contributed by atoms with van der Waals surface area (Å²) in [6.07, 6.45) is 7.63. The van der Waals surface area contributed by atoms with Gasteiger partial charge >= 0.3 is 23.9 Å². The number of hydrogen-bond donors (Lipinski definition) is 0. The fourth-order valence-corrected chi connectivity index (χ4v) is 12.4. The molecule has 8 bridgehead atoms. The van der Waals surface area contributed by atoms with Gasteiger partial charge in [-0.2, -0.15) is 0 Å². The van der Waals surface area contributed by atoms with E-state index in [0.29, 0.717) is 12.8 Å². The molecule has 12 atom stereocenters. The highest BCUT2D eigenvalue weighted by atomic mass is 16.6. The molecule has 52 heavy (non-hydrogen) atoms. The standard InChI is InChI=1S/C42H60O10/c1-25-9-11-31-39(3)15-7-17-41(31,5)29(25)21-49-33(27-13-19-47-35(27)43)37(45)52-24-40(4)16-8-18-42(6)30(26(2)10-12-32(40)42)22-50-34(38(46)51-23-39)28-14-20-48-36(28)44/h27-34H,1-2,7-24H2,3-6H3. The van der Waals surface area contributed by atoms with Crippen molar-refractivity contribution in [2.45, 2.75) is 117 Å². The molecule has 0 amide bonds. The molecule has 0 aromatic heterocycles. The first-order valence-electron chi connectivity index (χ1n) is 20.0. The van der Waals surface area contributed by atoms with Gasteiger partial charge in [-0.25, -0.2) is 9.59 Å². The van der Waals surface area contributed by atoms with Crippen LogP contribution in [0.2, 0.25) is 0 Å². The molecule has 288 valence electrons. The lowest BCUT2D eigenvalue weighted by Gasteiger charge is -2.58. The first-order valence-corrected chi connectivity index (χ1v) is 20.0. The Morgan fingerprint density at radius 2 is 0.942 bits per heavy atom. The van der Waals surface area contributed by atoms with E-state index in [-0.39, 0.29) is 85.0 Å². The quantitative estimate of drug-likeness (QED) is 0.176. The molecule has 0 N–H and O–H groups in total. The van der Waals surface area contributed by atoms with Crippen LogP contribution >= 0.6 is 0 Å². The second kappa shape index (κ2) is 14.2. The Morgan fingerprint density at radius 1 is 0.538 bits per heavy atom. The van der Waals surface area contributed by atoms with Gasteiger partial charge in [0.15, 0.2) is 12.2 Å².